The second-order valence-corrected chi connectivity index (χ2v) is 3.54. The van der Waals surface area contributed by atoms with E-state index in [4.69, 9.17) is 5.73 Å². The Hall–Kier alpha value is -0.830. The van der Waals surface area contributed by atoms with Gasteiger partial charge in [-0.3, -0.25) is 4.79 Å². The number of hydrogen-bond donors (Lipinski definition) is 2. The van der Waals surface area contributed by atoms with Crippen molar-refractivity contribution in [2.75, 3.05) is 6.54 Å². The quantitative estimate of drug-likeness (QED) is 0.479. The third-order valence-corrected chi connectivity index (χ3v) is 1.95. The minimum Gasteiger partial charge on any atom is -0.356 e. The van der Waals surface area contributed by atoms with Gasteiger partial charge in [0.05, 0.1) is 0 Å². The van der Waals surface area contributed by atoms with E-state index in [0.29, 0.717) is 18.9 Å². The summed E-state index contributed by atoms with van der Waals surface area (Å²) < 4.78 is 0. The maximum absolute atomic E-state index is 11.2. The van der Waals surface area contributed by atoms with Gasteiger partial charge in [-0.15, -0.1) is 6.58 Å². The maximum atomic E-state index is 11.2. The molecule has 0 aromatic rings. The zero-order valence-corrected chi connectivity index (χ0v) is 8.55. The van der Waals surface area contributed by atoms with E-state index in [9.17, 15) is 4.79 Å². The highest BCUT2D eigenvalue weighted by Crippen LogP contribution is 2.01. The van der Waals surface area contributed by atoms with Crippen LogP contribution in [-0.4, -0.2) is 18.5 Å². The van der Waals surface area contributed by atoms with Gasteiger partial charge < -0.3 is 11.1 Å². The van der Waals surface area contributed by atoms with Crippen LogP contribution in [0.1, 0.15) is 26.7 Å². The maximum Gasteiger partial charge on any atom is 0.221 e. The standard InChI is InChI=1S/C10H20N2O/c1-4-5-6-12-10(13)7-9(11)8(2)3/h4,8-9H,1,5-7,11H2,2-3H3,(H,12,13). The molecule has 0 bridgehead atoms. The van der Waals surface area contributed by atoms with Gasteiger partial charge >= 0.3 is 0 Å². The highest BCUT2D eigenvalue weighted by molar-refractivity contribution is 5.76. The summed E-state index contributed by atoms with van der Waals surface area (Å²) in [7, 11) is 0. The molecule has 0 rings (SSSR count). The van der Waals surface area contributed by atoms with E-state index in [1.807, 2.05) is 13.8 Å². The first-order chi connectivity index (χ1) is 6.07. The van der Waals surface area contributed by atoms with E-state index in [-0.39, 0.29) is 11.9 Å². The molecule has 3 N–H and O–H groups in total. The minimum absolute atomic E-state index is 0.0306. The lowest BCUT2D eigenvalue weighted by Crippen LogP contribution is -2.35. The van der Waals surface area contributed by atoms with Gasteiger partial charge in [0.25, 0.3) is 0 Å². The summed E-state index contributed by atoms with van der Waals surface area (Å²) >= 11 is 0. The number of nitrogens with two attached hydrogens (primary N) is 1. The molecule has 0 aromatic carbocycles. The molecular formula is C10H20N2O. The minimum atomic E-state index is -0.0382. The van der Waals surface area contributed by atoms with Crippen LogP contribution in [0.5, 0.6) is 0 Å². The molecule has 0 aliphatic rings. The summed E-state index contributed by atoms with van der Waals surface area (Å²) in [6.07, 6.45) is 3.00. The molecule has 0 fully saturated rings. The molecule has 0 aliphatic carbocycles. The summed E-state index contributed by atoms with van der Waals surface area (Å²) in [6, 6.07) is -0.0382. The van der Waals surface area contributed by atoms with E-state index in [0.717, 1.165) is 6.42 Å². The van der Waals surface area contributed by atoms with E-state index in [1.54, 1.807) is 6.08 Å². The van der Waals surface area contributed by atoms with E-state index in [1.165, 1.54) is 0 Å². The number of rotatable bonds is 6. The number of carbonyl (C=O) groups is 1. The van der Waals surface area contributed by atoms with Crippen molar-refractivity contribution in [1.29, 1.82) is 0 Å². The number of amides is 1. The van der Waals surface area contributed by atoms with Crippen molar-refractivity contribution in [1.82, 2.24) is 5.32 Å². The third kappa shape index (κ3) is 6.34. The molecule has 1 unspecified atom stereocenters. The summed E-state index contributed by atoms with van der Waals surface area (Å²) in [5.74, 6) is 0.383. The van der Waals surface area contributed by atoms with Crippen LogP contribution >= 0.6 is 0 Å². The van der Waals surface area contributed by atoms with Crippen LogP contribution in [0.4, 0.5) is 0 Å². The molecule has 0 aromatic heterocycles. The first-order valence-corrected chi connectivity index (χ1v) is 4.71. The lowest BCUT2D eigenvalue weighted by atomic mass is 10.0. The predicted octanol–water partition coefficient (Wildman–Crippen LogP) is 1.05. The van der Waals surface area contributed by atoms with E-state index < -0.39 is 0 Å². The van der Waals surface area contributed by atoms with Crippen molar-refractivity contribution in [3.8, 4) is 0 Å². The van der Waals surface area contributed by atoms with Crippen LogP contribution < -0.4 is 11.1 Å². The Balaban J connectivity index is 3.55. The second kappa shape index (κ2) is 6.66. The Morgan fingerprint density at radius 2 is 2.23 bits per heavy atom. The number of nitrogens with one attached hydrogen (secondary N) is 1. The highest BCUT2D eigenvalue weighted by atomic mass is 16.1. The first-order valence-electron chi connectivity index (χ1n) is 4.71. The number of hydrogen-bond acceptors (Lipinski definition) is 2. The molecule has 76 valence electrons. The van der Waals surface area contributed by atoms with Crippen molar-refractivity contribution in [3.05, 3.63) is 12.7 Å². The third-order valence-electron chi connectivity index (χ3n) is 1.95. The molecule has 0 saturated carbocycles. The first kappa shape index (κ1) is 12.2. The van der Waals surface area contributed by atoms with Crippen molar-refractivity contribution >= 4 is 5.91 Å². The average molecular weight is 184 g/mol. The topological polar surface area (TPSA) is 55.1 Å². The van der Waals surface area contributed by atoms with Gasteiger partial charge in [0.2, 0.25) is 5.91 Å². The summed E-state index contributed by atoms with van der Waals surface area (Å²) in [5, 5.41) is 2.78. The lowest BCUT2D eigenvalue weighted by molar-refractivity contribution is -0.121. The fourth-order valence-electron chi connectivity index (χ4n) is 0.836. The fourth-order valence-corrected chi connectivity index (χ4v) is 0.836. The van der Waals surface area contributed by atoms with Crippen molar-refractivity contribution in [2.45, 2.75) is 32.7 Å². The van der Waals surface area contributed by atoms with E-state index >= 15 is 0 Å². The number of carbonyl (C=O) groups excluding carboxylic acids is 1. The van der Waals surface area contributed by atoms with Crippen LogP contribution in [0.15, 0.2) is 12.7 Å². The molecular weight excluding hydrogens is 164 g/mol. The Labute approximate surface area is 80.4 Å². The normalized spacial score (nSPS) is 12.6. The molecule has 1 atom stereocenters. The Kier molecular flexibility index (Phi) is 6.24. The molecule has 3 heteroatoms. The lowest BCUT2D eigenvalue weighted by Gasteiger charge is -2.14. The van der Waals surface area contributed by atoms with Crippen molar-refractivity contribution < 1.29 is 4.79 Å². The SMILES string of the molecule is C=CCCNC(=O)CC(N)C(C)C. The highest BCUT2D eigenvalue weighted by Gasteiger charge is 2.11. The van der Waals surface area contributed by atoms with Crippen LogP contribution in [0.3, 0.4) is 0 Å². The van der Waals surface area contributed by atoms with Crippen LogP contribution in [0, 0.1) is 5.92 Å². The van der Waals surface area contributed by atoms with Crippen molar-refractivity contribution in [2.24, 2.45) is 11.7 Å². The van der Waals surface area contributed by atoms with Gasteiger partial charge in [0, 0.05) is 19.0 Å². The van der Waals surface area contributed by atoms with Gasteiger partial charge in [0.15, 0.2) is 0 Å². The molecule has 13 heavy (non-hydrogen) atoms. The molecule has 0 aliphatic heterocycles. The Morgan fingerprint density at radius 3 is 2.69 bits per heavy atom. The zero-order chi connectivity index (χ0) is 10.3. The van der Waals surface area contributed by atoms with Gasteiger partial charge in [-0.25, -0.2) is 0 Å². The Morgan fingerprint density at radius 1 is 1.62 bits per heavy atom. The van der Waals surface area contributed by atoms with E-state index in [2.05, 4.69) is 11.9 Å². The van der Waals surface area contributed by atoms with Gasteiger partial charge in [0.1, 0.15) is 0 Å². The summed E-state index contributed by atoms with van der Waals surface area (Å²) in [5.41, 5.74) is 5.74. The van der Waals surface area contributed by atoms with Crippen LogP contribution in [0.25, 0.3) is 0 Å². The molecule has 0 heterocycles. The molecule has 1 amide bonds. The van der Waals surface area contributed by atoms with Crippen LogP contribution in [0.2, 0.25) is 0 Å². The van der Waals surface area contributed by atoms with Crippen molar-refractivity contribution in [3.63, 3.8) is 0 Å². The second-order valence-electron chi connectivity index (χ2n) is 3.54. The molecule has 0 radical (unpaired) electrons. The smallest absolute Gasteiger partial charge is 0.221 e. The van der Waals surface area contributed by atoms with Crippen LogP contribution in [-0.2, 0) is 4.79 Å². The average Bonchev–Trinajstić information content (AvgIpc) is 2.04. The van der Waals surface area contributed by atoms with Gasteiger partial charge in [-0.1, -0.05) is 19.9 Å². The predicted molar refractivity (Wildman–Crippen MR) is 55.3 cm³/mol. The Bertz CT molecular complexity index is 166. The van der Waals surface area contributed by atoms with Gasteiger partial charge in [-0.05, 0) is 12.3 Å². The monoisotopic (exact) mass is 184 g/mol. The zero-order valence-electron chi connectivity index (χ0n) is 8.55. The molecule has 0 saturated heterocycles. The molecule has 3 nitrogen and oxygen atoms in total. The molecule has 0 spiro atoms. The van der Waals surface area contributed by atoms with Gasteiger partial charge in [-0.2, -0.15) is 0 Å². The fraction of sp³-hybridized carbons (Fsp3) is 0.700. The largest absolute Gasteiger partial charge is 0.356 e. The summed E-state index contributed by atoms with van der Waals surface area (Å²) in [4.78, 5) is 11.2. The summed E-state index contributed by atoms with van der Waals surface area (Å²) in [6.45, 7) is 8.26.